The largest absolute Gasteiger partial charge is 0.313 e. The molecule has 0 unspecified atom stereocenters. The lowest BCUT2D eigenvalue weighted by molar-refractivity contribution is 0.718. The number of hydrogen-bond acceptors (Lipinski definition) is 5. The van der Waals surface area contributed by atoms with Crippen molar-refractivity contribution in [1.82, 2.24) is 14.7 Å². The van der Waals surface area contributed by atoms with Crippen molar-refractivity contribution in [1.29, 1.82) is 0 Å². The van der Waals surface area contributed by atoms with E-state index in [0.717, 1.165) is 39.6 Å². The maximum absolute atomic E-state index is 6.31. The molecule has 0 fully saturated rings. The van der Waals surface area contributed by atoms with E-state index in [1.54, 1.807) is 11.8 Å². The zero-order valence-electron chi connectivity index (χ0n) is 10.9. The second-order valence-electron chi connectivity index (χ2n) is 3.94. The van der Waals surface area contributed by atoms with Gasteiger partial charge in [0.2, 0.25) is 0 Å². The normalized spacial score (nSPS) is 10.9. The summed E-state index contributed by atoms with van der Waals surface area (Å²) in [6.07, 6.45) is 0.865. The first kappa shape index (κ1) is 14.8. The summed E-state index contributed by atoms with van der Waals surface area (Å²) < 4.78 is 5.25. The molecule has 1 aromatic heterocycles. The van der Waals surface area contributed by atoms with Crippen LogP contribution in [0.2, 0.25) is 5.02 Å². The lowest BCUT2D eigenvalue weighted by Gasteiger charge is -2.09. The van der Waals surface area contributed by atoms with Gasteiger partial charge >= 0.3 is 0 Å². The smallest absolute Gasteiger partial charge is 0.174 e. The van der Waals surface area contributed by atoms with E-state index in [1.165, 1.54) is 17.1 Å². The van der Waals surface area contributed by atoms with Gasteiger partial charge in [-0.15, -0.1) is 0 Å². The van der Waals surface area contributed by atoms with Gasteiger partial charge in [-0.05, 0) is 29.7 Å². The van der Waals surface area contributed by atoms with Gasteiger partial charge in [0.05, 0.1) is 5.02 Å². The van der Waals surface area contributed by atoms with Gasteiger partial charge in [-0.1, -0.05) is 49.3 Å². The molecule has 0 amide bonds. The Hall–Kier alpha value is -0.620. The predicted molar refractivity (Wildman–Crippen MR) is 82.2 cm³/mol. The van der Waals surface area contributed by atoms with E-state index in [9.17, 15) is 0 Å². The molecular formula is C13H16ClN3S2. The summed E-state index contributed by atoms with van der Waals surface area (Å²) in [6, 6.07) is 6.00. The number of aromatic nitrogens is 2. The van der Waals surface area contributed by atoms with Crippen LogP contribution in [0.1, 0.15) is 25.2 Å². The van der Waals surface area contributed by atoms with E-state index in [1.807, 2.05) is 12.1 Å². The SMILES string of the molecule is CCNCc1cccc(Cl)c1Sc1nc(CC)ns1. The van der Waals surface area contributed by atoms with Gasteiger partial charge in [-0.3, -0.25) is 0 Å². The van der Waals surface area contributed by atoms with Crippen molar-refractivity contribution in [2.24, 2.45) is 0 Å². The molecule has 1 heterocycles. The minimum absolute atomic E-state index is 0.772. The van der Waals surface area contributed by atoms with Crippen molar-refractivity contribution in [2.75, 3.05) is 6.54 Å². The Kier molecular flexibility index (Phi) is 5.63. The van der Waals surface area contributed by atoms with Gasteiger partial charge in [-0.2, -0.15) is 4.37 Å². The summed E-state index contributed by atoms with van der Waals surface area (Å²) in [5, 5.41) is 4.10. The maximum Gasteiger partial charge on any atom is 0.174 e. The molecule has 0 bridgehead atoms. The Labute approximate surface area is 127 Å². The number of hydrogen-bond donors (Lipinski definition) is 1. The fourth-order valence-electron chi connectivity index (χ4n) is 1.58. The van der Waals surface area contributed by atoms with Gasteiger partial charge in [0.1, 0.15) is 5.82 Å². The molecule has 1 N–H and O–H groups in total. The molecule has 0 aliphatic rings. The van der Waals surface area contributed by atoms with Crippen molar-refractivity contribution in [2.45, 2.75) is 36.0 Å². The number of aryl methyl sites for hydroxylation is 1. The first-order valence-electron chi connectivity index (χ1n) is 6.23. The van der Waals surface area contributed by atoms with E-state index in [0.29, 0.717) is 0 Å². The van der Waals surface area contributed by atoms with Crippen LogP contribution in [0.3, 0.4) is 0 Å². The van der Waals surface area contributed by atoms with Crippen LogP contribution in [-0.2, 0) is 13.0 Å². The minimum atomic E-state index is 0.772. The zero-order chi connectivity index (χ0) is 13.7. The molecule has 0 aliphatic carbocycles. The Morgan fingerprint density at radius 1 is 1.37 bits per heavy atom. The van der Waals surface area contributed by atoms with E-state index >= 15 is 0 Å². The van der Waals surface area contributed by atoms with Crippen molar-refractivity contribution < 1.29 is 0 Å². The first-order valence-corrected chi connectivity index (χ1v) is 8.20. The van der Waals surface area contributed by atoms with Crippen LogP contribution >= 0.6 is 34.9 Å². The van der Waals surface area contributed by atoms with Crippen molar-refractivity contribution in [3.8, 4) is 0 Å². The van der Waals surface area contributed by atoms with Gasteiger partial charge in [0.25, 0.3) is 0 Å². The average molecular weight is 314 g/mol. The standard InChI is InChI=1S/C13H16ClN3S2/c1-3-11-16-13(19-17-11)18-12-9(8-15-4-2)6-5-7-10(12)14/h5-7,15H,3-4,8H2,1-2H3. The third kappa shape index (κ3) is 3.92. The molecule has 2 aromatic rings. The molecule has 0 atom stereocenters. The molecule has 0 saturated heterocycles. The number of nitrogens with one attached hydrogen (secondary N) is 1. The summed E-state index contributed by atoms with van der Waals surface area (Å²) in [4.78, 5) is 5.55. The monoisotopic (exact) mass is 313 g/mol. The van der Waals surface area contributed by atoms with Crippen LogP contribution in [0, 0.1) is 0 Å². The predicted octanol–water partition coefficient (Wildman–Crippen LogP) is 4.01. The molecule has 2 rings (SSSR count). The lowest BCUT2D eigenvalue weighted by Crippen LogP contribution is -2.12. The fourth-order valence-corrected chi connectivity index (χ4v) is 3.66. The number of nitrogens with zero attached hydrogens (tertiary/aromatic N) is 2. The van der Waals surface area contributed by atoms with E-state index < -0.39 is 0 Å². The second kappa shape index (κ2) is 7.24. The summed E-state index contributed by atoms with van der Waals surface area (Å²) in [7, 11) is 0. The van der Waals surface area contributed by atoms with E-state index in [2.05, 4.69) is 34.6 Å². The Morgan fingerprint density at radius 2 is 2.21 bits per heavy atom. The van der Waals surface area contributed by atoms with Crippen LogP contribution < -0.4 is 5.32 Å². The minimum Gasteiger partial charge on any atom is -0.313 e. The molecule has 102 valence electrons. The number of halogens is 1. The third-order valence-electron chi connectivity index (χ3n) is 2.57. The maximum atomic E-state index is 6.31. The molecule has 0 saturated carbocycles. The zero-order valence-corrected chi connectivity index (χ0v) is 13.3. The molecular weight excluding hydrogens is 298 g/mol. The van der Waals surface area contributed by atoms with Crippen LogP contribution in [0.25, 0.3) is 0 Å². The van der Waals surface area contributed by atoms with Crippen LogP contribution in [0.15, 0.2) is 27.4 Å². The van der Waals surface area contributed by atoms with Crippen LogP contribution in [-0.4, -0.2) is 15.9 Å². The summed E-state index contributed by atoms with van der Waals surface area (Å²) in [5.74, 6) is 0.896. The highest BCUT2D eigenvalue weighted by atomic mass is 35.5. The van der Waals surface area contributed by atoms with Crippen LogP contribution in [0.5, 0.6) is 0 Å². The molecule has 6 heteroatoms. The molecule has 0 aliphatic heterocycles. The van der Waals surface area contributed by atoms with Crippen molar-refractivity contribution >= 4 is 34.9 Å². The molecule has 1 aromatic carbocycles. The number of benzene rings is 1. The van der Waals surface area contributed by atoms with Crippen LogP contribution in [0.4, 0.5) is 0 Å². The molecule has 0 spiro atoms. The fraction of sp³-hybridized carbons (Fsp3) is 0.385. The average Bonchev–Trinajstić information content (AvgIpc) is 2.87. The van der Waals surface area contributed by atoms with Gasteiger partial charge < -0.3 is 5.32 Å². The highest BCUT2D eigenvalue weighted by molar-refractivity contribution is 8.01. The molecule has 0 radical (unpaired) electrons. The summed E-state index contributed by atoms with van der Waals surface area (Å²) in [6.45, 7) is 5.91. The Bertz CT molecular complexity index is 542. The van der Waals surface area contributed by atoms with Gasteiger partial charge in [-0.25, -0.2) is 4.98 Å². The summed E-state index contributed by atoms with van der Waals surface area (Å²) >= 11 is 9.34. The van der Waals surface area contributed by atoms with Crippen molar-refractivity contribution in [3.63, 3.8) is 0 Å². The van der Waals surface area contributed by atoms with Gasteiger partial charge in [0, 0.05) is 17.9 Å². The van der Waals surface area contributed by atoms with Gasteiger partial charge in [0.15, 0.2) is 4.34 Å². The third-order valence-corrected chi connectivity index (χ3v) is 4.97. The highest BCUT2D eigenvalue weighted by Gasteiger charge is 2.11. The van der Waals surface area contributed by atoms with E-state index in [4.69, 9.17) is 11.6 Å². The molecule has 19 heavy (non-hydrogen) atoms. The quantitative estimate of drug-likeness (QED) is 0.874. The topological polar surface area (TPSA) is 37.8 Å². The highest BCUT2D eigenvalue weighted by Crippen LogP contribution is 2.36. The lowest BCUT2D eigenvalue weighted by atomic mass is 10.2. The Morgan fingerprint density at radius 3 is 2.89 bits per heavy atom. The second-order valence-corrected chi connectivity index (χ2v) is 6.36. The van der Waals surface area contributed by atoms with E-state index in [-0.39, 0.29) is 0 Å². The summed E-state index contributed by atoms with van der Waals surface area (Å²) in [5.41, 5.74) is 1.20. The molecule has 3 nitrogen and oxygen atoms in total. The Balaban J connectivity index is 2.22. The number of rotatable bonds is 6. The van der Waals surface area contributed by atoms with Crippen molar-refractivity contribution in [3.05, 3.63) is 34.6 Å². The first-order chi connectivity index (χ1) is 9.24.